The van der Waals surface area contributed by atoms with Crippen LogP contribution in [0.5, 0.6) is 0 Å². The van der Waals surface area contributed by atoms with E-state index in [1.165, 1.54) is 17.5 Å². The van der Waals surface area contributed by atoms with Crippen LogP contribution in [0.15, 0.2) is 41.1 Å². The molecule has 0 spiro atoms. The first-order valence-electron chi connectivity index (χ1n) is 8.43. The van der Waals surface area contributed by atoms with Crippen molar-refractivity contribution in [3.05, 3.63) is 52.2 Å². The van der Waals surface area contributed by atoms with E-state index in [0.29, 0.717) is 6.04 Å². The summed E-state index contributed by atoms with van der Waals surface area (Å²) in [5.41, 5.74) is 3.77. The third-order valence-electron chi connectivity index (χ3n) is 5.23. The van der Waals surface area contributed by atoms with Gasteiger partial charge >= 0.3 is 0 Å². The second-order valence-corrected chi connectivity index (χ2v) is 7.28. The molecule has 2 atom stereocenters. The fourth-order valence-electron chi connectivity index (χ4n) is 4.01. The van der Waals surface area contributed by atoms with E-state index in [1.54, 1.807) is 11.3 Å². The van der Waals surface area contributed by atoms with Crippen LogP contribution >= 0.6 is 11.3 Å². The Morgan fingerprint density at radius 2 is 2.13 bits per heavy atom. The Morgan fingerprint density at radius 3 is 2.96 bits per heavy atom. The molecule has 2 aliphatic rings. The Hall–Kier alpha value is -1.65. The van der Waals surface area contributed by atoms with Crippen LogP contribution in [0.4, 0.5) is 5.69 Å². The van der Waals surface area contributed by atoms with E-state index in [4.69, 9.17) is 0 Å². The van der Waals surface area contributed by atoms with Gasteiger partial charge in [-0.1, -0.05) is 18.2 Å². The maximum absolute atomic E-state index is 13.1. The summed E-state index contributed by atoms with van der Waals surface area (Å²) in [6.45, 7) is 3.91. The van der Waals surface area contributed by atoms with Crippen molar-refractivity contribution in [2.24, 2.45) is 0 Å². The minimum Gasteiger partial charge on any atom is -0.310 e. The summed E-state index contributed by atoms with van der Waals surface area (Å²) >= 11 is 1.74. The van der Waals surface area contributed by atoms with Crippen LogP contribution in [0.2, 0.25) is 0 Å². The first-order chi connectivity index (χ1) is 11.3. The molecule has 1 fully saturated rings. The summed E-state index contributed by atoms with van der Waals surface area (Å²) in [5, 5.41) is 4.36. The van der Waals surface area contributed by atoms with Crippen LogP contribution in [-0.2, 0) is 11.2 Å². The molecule has 0 bridgehead atoms. The number of carbonyl (C=O) groups excluding carboxylic acids is 1. The van der Waals surface area contributed by atoms with Gasteiger partial charge in [0.25, 0.3) is 0 Å². The number of para-hydroxylation sites is 1. The first-order valence-corrected chi connectivity index (χ1v) is 9.37. The molecular formula is C19H22N2OS. The normalized spacial score (nSPS) is 22.3. The topological polar surface area (TPSA) is 23.6 Å². The molecule has 1 aromatic carbocycles. The Kier molecular flexibility index (Phi) is 3.95. The van der Waals surface area contributed by atoms with Gasteiger partial charge in [-0.25, -0.2) is 0 Å². The summed E-state index contributed by atoms with van der Waals surface area (Å²) in [7, 11) is 0. The largest absolute Gasteiger partial charge is 0.310 e. The predicted molar refractivity (Wildman–Crippen MR) is 95.0 cm³/mol. The van der Waals surface area contributed by atoms with Crippen molar-refractivity contribution in [2.75, 3.05) is 18.0 Å². The number of thiophene rings is 1. The summed E-state index contributed by atoms with van der Waals surface area (Å²) < 4.78 is 0. The highest BCUT2D eigenvalue weighted by molar-refractivity contribution is 7.07. The molecule has 4 rings (SSSR count). The van der Waals surface area contributed by atoms with Crippen molar-refractivity contribution >= 4 is 22.9 Å². The number of carbonyl (C=O) groups is 1. The molecule has 3 nitrogen and oxygen atoms in total. The molecule has 0 N–H and O–H groups in total. The molecule has 1 saturated heterocycles. The highest BCUT2D eigenvalue weighted by Gasteiger charge is 2.36. The summed E-state index contributed by atoms with van der Waals surface area (Å²) in [6.07, 6.45) is 3.31. The molecule has 1 aromatic heterocycles. The number of rotatable bonds is 3. The molecule has 3 heterocycles. The highest BCUT2D eigenvalue weighted by atomic mass is 32.1. The lowest BCUT2D eigenvalue weighted by atomic mass is 10.1. The third-order valence-corrected chi connectivity index (χ3v) is 5.93. The van der Waals surface area contributed by atoms with Gasteiger partial charge in [0.05, 0.1) is 6.04 Å². The molecule has 2 unspecified atom stereocenters. The Balaban J connectivity index is 1.55. The van der Waals surface area contributed by atoms with Gasteiger partial charge in [0, 0.05) is 18.3 Å². The Bertz CT molecular complexity index is 697. The highest BCUT2D eigenvalue weighted by Crippen LogP contribution is 2.36. The number of benzene rings is 1. The first kappa shape index (κ1) is 14.9. The fraction of sp³-hybridized carbons (Fsp3) is 0.421. The van der Waals surface area contributed by atoms with Crippen LogP contribution in [0.3, 0.4) is 0 Å². The van der Waals surface area contributed by atoms with Crippen molar-refractivity contribution in [1.82, 2.24) is 4.90 Å². The predicted octanol–water partition coefficient (Wildman–Crippen LogP) is 3.86. The Morgan fingerprint density at radius 1 is 1.26 bits per heavy atom. The van der Waals surface area contributed by atoms with E-state index in [9.17, 15) is 4.79 Å². The SMILES string of the molecule is CC(C(=O)N1CCc2ccccc21)N1CCCC1c1ccsc1. The molecule has 1 amide bonds. The van der Waals surface area contributed by atoms with Crippen LogP contribution in [0.25, 0.3) is 0 Å². The number of nitrogens with zero attached hydrogens (tertiary/aromatic N) is 2. The zero-order chi connectivity index (χ0) is 15.8. The van der Waals surface area contributed by atoms with Crippen LogP contribution < -0.4 is 4.90 Å². The second-order valence-electron chi connectivity index (χ2n) is 6.50. The van der Waals surface area contributed by atoms with Gasteiger partial charge in [0.15, 0.2) is 0 Å². The molecule has 23 heavy (non-hydrogen) atoms. The van der Waals surface area contributed by atoms with Crippen molar-refractivity contribution in [3.63, 3.8) is 0 Å². The van der Waals surface area contributed by atoms with E-state index >= 15 is 0 Å². The lowest BCUT2D eigenvalue weighted by molar-refractivity contribution is -0.123. The minimum atomic E-state index is -0.0615. The van der Waals surface area contributed by atoms with Crippen molar-refractivity contribution in [3.8, 4) is 0 Å². The molecule has 2 aromatic rings. The second kappa shape index (κ2) is 6.10. The molecule has 0 radical (unpaired) electrons. The number of amides is 1. The van der Waals surface area contributed by atoms with Gasteiger partial charge in [-0.2, -0.15) is 11.3 Å². The zero-order valence-electron chi connectivity index (χ0n) is 13.4. The van der Waals surface area contributed by atoms with E-state index in [1.807, 2.05) is 11.0 Å². The number of hydrogen-bond donors (Lipinski definition) is 0. The molecule has 0 aliphatic carbocycles. The third kappa shape index (κ3) is 2.60. The minimum absolute atomic E-state index is 0.0615. The summed E-state index contributed by atoms with van der Waals surface area (Å²) in [4.78, 5) is 17.5. The lowest BCUT2D eigenvalue weighted by Crippen LogP contribution is -2.46. The van der Waals surface area contributed by atoms with E-state index in [2.05, 4.69) is 46.8 Å². The van der Waals surface area contributed by atoms with Gasteiger partial charge in [-0.3, -0.25) is 9.69 Å². The average Bonchev–Trinajstić information content (AvgIpc) is 3.31. The maximum atomic E-state index is 13.1. The van der Waals surface area contributed by atoms with Crippen molar-refractivity contribution in [1.29, 1.82) is 0 Å². The number of anilines is 1. The quantitative estimate of drug-likeness (QED) is 0.855. The Labute approximate surface area is 141 Å². The number of hydrogen-bond acceptors (Lipinski definition) is 3. The number of fused-ring (bicyclic) bond motifs is 1. The molecule has 2 aliphatic heterocycles. The summed E-state index contributed by atoms with van der Waals surface area (Å²) in [5.74, 6) is 0.247. The monoisotopic (exact) mass is 326 g/mol. The standard InChI is InChI=1S/C19H22N2OS/c1-14(20-10-4-7-18(20)16-9-12-23-13-16)19(22)21-11-8-15-5-2-3-6-17(15)21/h2-3,5-6,9,12-14,18H,4,7-8,10-11H2,1H3. The van der Waals surface area contributed by atoms with Gasteiger partial charge < -0.3 is 4.90 Å². The molecule has 0 saturated carbocycles. The molecule has 120 valence electrons. The fourth-order valence-corrected chi connectivity index (χ4v) is 4.72. The van der Waals surface area contributed by atoms with Crippen molar-refractivity contribution < 1.29 is 4.79 Å². The van der Waals surface area contributed by atoms with Gasteiger partial charge in [-0.05, 0) is 66.8 Å². The molecule has 4 heteroatoms. The van der Waals surface area contributed by atoms with Crippen LogP contribution in [0.1, 0.15) is 36.9 Å². The van der Waals surface area contributed by atoms with E-state index in [-0.39, 0.29) is 11.9 Å². The van der Waals surface area contributed by atoms with E-state index < -0.39 is 0 Å². The maximum Gasteiger partial charge on any atom is 0.244 e. The summed E-state index contributed by atoms with van der Waals surface area (Å²) in [6, 6.07) is 10.8. The van der Waals surface area contributed by atoms with Gasteiger partial charge in [0.1, 0.15) is 0 Å². The number of likely N-dealkylation sites (tertiary alicyclic amines) is 1. The zero-order valence-corrected chi connectivity index (χ0v) is 14.3. The smallest absolute Gasteiger partial charge is 0.244 e. The lowest BCUT2D eigenvalue weighted by Gasteiger charge is -2.32. The molecular weight excluding hydrogens is 304 g/mol. The average molecular weight is 326 g/mol. The van der Waals surface area contributed by atoms with Crippen molar-refractivity contribution in [2.45, 2.75) is 38.3 Å². The van der Waals surface area contributed by atoms with Crippen LogP contribution in [0, 0.1) is 0 Å². The van der Waals surface area contributed by atoms with Gasteiger partial charge in [0.2, 0.25) is 5.91 Å². The van der Waals surface area contributed by atoms with Gasteiger partial charge in [-0.15, -0.1) is 0 Å². The van der Waals surface area contributed by atoms with Crippen LogP contribution in [-0.4, -0.2) is 29.9 Å². The van der Waals surface area contributed by atoms with E-state index in [0.717, 1.165) is 31.6 Å².